The van der Waals surface area contributed by atoms with Gasteiger partial charge in [0, 0.05) is 44.2 Å². The quantitative estimate of drug-likeness (QED) is 0.844. The van der Waals surface area contributed by atoms with Gasteiger partial charge in [-0.15, -0.1) is 0 Å². The standard InChI is InChI=1S/C18H22N4O2/c1-24-11-15-9-21(18(23)14-3-2-6-19-7-14)10-16-17(15)22(12-20-16)8-13-4-5-13/h2-3,6-7,12-13,15H,4-5,8-11H2,1H3. The summed E-state index contributed by atoms with van der Waals surface area (Å²) < 4.78 is 7.71. The third-order valence-electron chi connectivity index (χ3n) is 4.84. The number of amides is 1. The first-order valence-electron chi connectivity index (χ1n) is 8.48. The largest absolute Gasteiger partial charge is 0.384 e. The Balaban J connectivity index is 1.60. The predicted molar refractivity (Wildman–Crippen MR) is 88.5 cm³/mol. The van der Waals surface area contributed by atoms with Gasteiger partial charge in [-0.25, -0.2) is 4.98 Å². The number of methoxy groups -OCH3 is 1. The molecule has 1 aliphatic heterocycles. The molecule has 6 nitrogen and oxygen atoms in total. The van der Waals surface area contributed by atoms with E-state index >= 15 is 0 Å². The molecule has 0 N–H and O–H groups in total. The van der Waals surface area contributed by atoms with E-state index in [-0.39, 0.29) is 11.8 Å². The Morgan fingerprint density at radius 3 is 3.00 bits per heavy atom. The monoisotopic (exact) mass is 326 g/mol. The minimum atomic E-state index is 0.00611. The molecule has 0 saturated heterocycles. The Kier molecular flexibility index (Phi) is 4.06. The summed E-state index contributed by atoms with van der Waals surface area (Å²) in [5, 5.41) is 0. The van der Waals surface area contributed by atoms with Crippen LogP contribution in [0.25, 0.3) is 0 Å². The van der Waals surface area contributed by atoms with Crippen LogP contribution in [0.1, 0.15) is 40.5 Å². The molecule has 24 heavy (non-hydrogen) atoms. The maximum absolute atomic E-state index is 12.8. The number of ether oxygens (including phenoxy) is 1. The summed E-state index contributed by atoms with van der Waals surface area (Å²) in [6.45, 7) is 2.85. The highest BCUT2D eigenvalue weighted by Crippen LogP contribution is 2.34. The smallest absolute Gasteiger partial charge is 0.255 e. The molecule has 1 saturated carbocycles. The second-order valence-electron chi connectivity index (χ2n) is 6.75. The summed E-state index contributed by atoms with van der Waals surface area (Å²) in [5.41, 5.74) is 2.87. The van der Waals surface area contributed by atoms with E-state index in [9.17, 15) is 4.79 Å². The number of hydrogen-bond donors (Lipinski definition) is 0. The number of rotatable bonds is 5. The number of nitrogens with zero attached hydrogens (tertiary/aromatic N) is 4. The SMILES string of the molecule is COCC1CN(C(=O)c2cccnc2)Cc2ncn(CC3CC3)c21. The van der Waals surface area contributed by atoms with Crippen molar-refractivity contribution >= 4 is 5.91 Å². The van der Waals surface area contributed by atoms with Crippen molar-refractivity contribution in [3.63, 3.8) is 0 Å². The summed E-state index contributed by atoms with van der Waals surface area (Å²) in [7, 11) is 1.71. The fourth-order valence-corrected chi connectivity index (χ4v) is 3.51. The van der Waals surface area contributed by atoms with Crippen molar-refractivity contribution in [1.29, 1.82) is 0 Å². The van der Waals surface area contributed by atoms with Crippen molar-refractivity contribution in [2.24, 2.45) is 5.92 Å². The zero-order valence-electron chi connectivity index (χ0n) is 13.9. The van der Waals surface area contributed by atoms with Gasteiger partial charge in [0.1, 0.15) is 0 Å². The van der Waals surface area contributed by atoms with Crippen LogP contribution in [0.4, 0.5) is 0 Å². The Labute approximate surface area is 141 Å². The molecule has 1 aliphatic carbocycles. The molecule has 126 valence electrons. The maximum atomic E-state index is 12.8. The van der Waals surface area contributed by atoms with Crippen molar-refractivity contribution in [2.75, 3.05) is 20.3 Å². The van der Waals surface area contributed by atoms with Crippen LogP contribution in [0.5, 0.6) is 0 Å². The third kappa shape index (κ3) is 2.94. The highest BCUT2D eigenvalue weighted by molar-refractivity contribution is 5.94. The lowest BCUT2D eigenvalue weighted by Crippen LogP contribution is -2.40. The summed E-state index contributed by atoms with van der Waals surface area (Å²) in [6.07, 6.45) is 7.86. The van der Waals surface area contributed by atoms with Crippen molar-refractivity contribution in [3.05, 3.63) is 47.8 Å². The summed E-state index contributed by atoms with van der Waals surface area (Å²) in [4.78, 5) is 23.3. The second-order valence-corrected chi connectivity index (χ2v) is 6.75. The van der Waals surface area contributed by atoms with Gasteiger partial charge in [0.15, 0.2) is 0 Å². The number of carbonyl (C=O) groups excluding carboxylic acids is 1. The molecule has 2 aromatic heterocycles. The van der Waals surface area contributed by atoms with E-state index in [0.717, 1.165) is 18.2 Å². The fraction of sp³-hybridized carbons (Fsp3) is 0.500. The van der Waals surface area contributed by atoms with Gasteiger partial charge >= 0.3 is 0 Å². The highest BCUT2D eigenvalue weighted by Gasteiger charge is 2.33. The first kappa shape index (κ1) is 15.3. The molecule has 1 fully saturated rings. The molecule has 1 atom stereocenters. The van der Waals surface area contributed by atoms with Gasteiger partial charge in [-0.2, -0.15) is 0 Å². The van der Waals surface area contributed by atoms with E-state index in [1.807, 2.05) is 17.3 Å². The van der Waals surface area contributed by atoms with Gasteiger partial charge < -0.3 is 14.2 Å². The van der Waals surface area contributed by atoms with Gasteiger partial charge in [-0.05, 0) is 30.9 Å². The molecule has 0 radical (unpaired) electrons. The number of hydrogen-bond acceptors (Lipinski definition) is 4. The number of pyridine rings is 1. The van der Waals surface area contributed by atoms with E-state index in [4.69, 9.17) is 4.74 Å². The average molecular weight is 326 g/mol. The molecule has 1 unspecified atom stereocenters. The van der Waals surface area contributed by atoms with Crippen LogP contribution in [-0.2, 0) is 17.8 Å². The Morgan fingerprint density at radius 1 is 1.42 bits per heavy atom. The second kappa shape index (κ2) is 6.36. The molecule has 0 aromatic carbocycles. The van der Waals surface area contributed by atoms with Crippen LogP contribution in [0, 0.1) is 5.92 Å². The Morgan fingerprint density at radius 2 is 2.29 bits per heavy atom. The minimum absolute atomic E-state index is 0.00611. The van der Waals surface area contributed by atoms with Gasteiger partial charge in [0.05, 0.1) is 30.7 Å². The number of imidazole rings is 1. The summed E-state index contributed by atoms with van der Waals surface area (Å²) in [5.74, 6) is 0.966. The van der Waals surface area contributed by atoms with Crippen LogP contribution >= 0.6 is 0 Å². The van der Waals surface area contributed by atoms with Gasteiger partial charge in [0.25, 0.3) is 5.91 Å². The molecule has 2 aromatic rings. The van der Waals surface area contributed by atoms with Crippen LogP contribution in [0.2, 0.25) is 0 Å². The van der Waals surface area contributed by atoms with Crippen molar-refractivity contribution < 1.29 is 9.53 Å². The van der Waals surface area contributed by atoms with Crippen molar-refractivity contribution in [1.82, 2.24) is 19.4 Å². The van der Waals surface area contributed by atoms with E-state index < -0.39 is 0 Å². The van der Waals surface area contributed by atoms with Crippen LogP contribution < -0.4 is 0 Å². The van der Waals surface area contributed by atoms with Crippen LogP contribution in [-0.4, -0.2) is 45.6 Å². The van der Waals surface area contributed by atoms with Gasteiger partial charge in [-0.1, -0.05) is 0 Å². The van der Waals surface area contributed by atoms with Crippen molar-refractivity contribution in [2.45, 2.75) is 31.8 Å². The lowest BCUT2D eigenvalue weighted by atomic mass is 9.98. The topological polar surface area (TPSA) is 60.2 Å². The number of aromatic nitrogens is 3. The first-order chi connectivity index (χ1) is 11.8. The normalized spacial score (nSPS) is 20.0. The first-order valence-corrected chi connectivity index (χ1v) is 8.48. The molecule has 6 heteroatoms. The highest BCUT2D eigenvalue weighted by atomic mass is 16.5. The van der Waals surface area contributed by atoms with E-state index in [1.165, 1.54) is 18.5 Å². The van der Waals surface area contributed by atoms with Gasteiger partial charge in [-0.3, -0.25) is 9.78 Å². The van der Waals surface area contributed by atoms with Crippen LogP contribution in [0.3, 0.4) is 0 Å². The zero-order chi connectivity index (χ0) is 16.5. The Hall–Kier alpha value is -2.21. The maximum Gasteiger partial charge on any atom is 0.255 e. The van der Waals surface area contributed by atoms with Crippen molar-refractivity contribution in [3.8, 4) is 0 Å². The molecule has 3 heterocycles. The molecule has 2 aliphatic rings. The molecular formula is C18H22N4O2. The summed E-state index contributed by atoms with van der Waals surface area (Å²) in [6, 6.07) is 3.60. The molecular weight excluding hydrogens is 304 g/mol. The molecule has 0 spiro atoms. The van der Waals surface area contributed by atoms with E-state index in [1.54, 1.807) is 25.6 Å². The average Bonchev–Trinajstić information content (AvgIpc) is 3.34. The zero-order valence-corrected chi connectivity index (χ0v) is 13.9. The van der Waals surface area contributed by atoms with E-state index in [2.05, 4.69) is 14.5 Å². The molecule has 0 bridgehead atoms. The lowest BCUT2D eigenvalue weighted by Gasteiger charge is -2.33. The van der Waals surface area contributed by atoms with E-state index in [0.29, 0.717) is 25.3 Å². The predicted octanol–water partition coefficient (Wildman–Crippen LogP) is 2.07. The fourth-order valence-electron chi connectivity index (χ4n) is 3.51. The van der Waals surface area contributed by atoms with Gasteiger partial charge in [0.2, 0.25) is 0 Å². The van der Waals surface area contributed by atoms with Crippen LogP contribution in [0.15, 0.2) is 30.9 Å². The molecule has 4 rings (SSSR count). The Bertz CT molecular complexity index is 724. The number of fused-ring (bicyclic) bond motifs is 1. The lowest BCUT2D eigenvalue weighted by molar-refractivity contribution is 0.0672. The summed E-state index contributed by atoms with van der Waals surface area (Å²) >= 11 is 0. The minimum Gasteiger partial charge on any atom is -0.384 e. The number of carbonyl (C=O) groups is 1. The third-order valence-corrected chi connectivity index (χ3v) is 4.84. The molecule has 1 amide bonds.